The minimum atomic E-state index is -0.202. The molecule has 1 fully saturated rings. The Morgan fingerprint density at radius 3 is 2.63 bits per heavy atom. The number of likely N-dealkylation sites (N-methyl/N-ethyl adjacent to an activating group) is 1. The molecule has 1 aliphatic heterocycles. The van der Waals surface area contributed by atoms with Crippen LogP contribution in [0.1, 0.15) is 18.1 Å². The monoisotopic (exact) mass is 409 g/mol. The first-order valence-electron chi connectivity index (χ1n) is 10.3. The molecule has 1 N–H and O–H groups in total. The lowest BCUT2D eigenvalue weighted by molar-refractivity contribution is -0.118. The van der Waals surface area contributed by atoms with Crippen molar-refractivity contribution >= 4 is 17.7 Å². The van der Waals surface area contributed by atoms with E-state index in [0.29, 0.717) is 11.5 Å². The van der Waals surface area contributed by atoms with E-state index >= 15 is 0 Å². The molecule has 0 radical (unpaired) electrons. The minimum Gasteiger partial charge on any atom is -0.493 e. The van der Waals surface area contributed by atoms with Crippen LogP contribution in [0.4, 0.5) is 5.69 Å². The second-order valence-electron chi connectivity index (χ2n) is 7.53. The van der Waals surface area contributed by atoms with Gasteiger partial charge in [0.05, 0.1) is 7.11 Å². The van der Waals surface area contributed by atoms with Crippen molar-refractivity contribution in [1.82, 2.24) is 9.80 Å². The fraction of sp³-hybridized carbons (Fsp3) is 0.375. The van der Waals surface area contributed by atoms with E-state index < -0.39 is 0 Å². The van der Waals surface area contributed by atoms with E-state index in [0.717, 1.165) is 44.0 Å². The summed E-state index contributed by atoms with van der Waals surface area (Å²) in [6.45, 7) is 7.08. The summed E-state index contributed by atoms with van der Waals surface area (Å²) in [6, 6.07) is 13.6. The van der Waals surface area contributed by atoms with Gasteiger partial charge in [-0.15, -0.1) is 0 Å². The van der Waals surface area contributed by atoms with Gasteiger partial charge in [-0.1, -0.05) is 30.4 Å². The first kappa shape index (κ1) is 21.9. The predicted molar refractivity (Wildman–Crippen MR) is 121 cm³/mol. The van der Waals surface area contributed by atoms with Crippen LogP contribution in [-0.4, -0.2) is 62.7 Å². The topological polar surface area (TPSA) is 54.0 Å². The minimum absolute atomic E-state index is 0.0813. The lowest BCUT2D eigenvalue weighted by Crippen LogP contribution is -2.43. The first-order valence-corrected chi connectivity index (χ1v) is 10.3. The second-order valence-corrected chi connectivity index (χ2v) is 7.53. The fourth-order valence-corrected chi connectivity index (χ4v) is 3.45. The van der Waals surface area contributed by atoms with Crippen molar-refractivity contribution in [2.75, 3.05) is 52.3 Å². The highest BCUT2D eigenvalue weighted by Gasteiger charge is 2.14. The molecule has 2 aromatic carbocycles. The van der Waals surface area contributed by atoms with Gasteiger partial charge in [-0.3, -0.25) is 9.69 Å². The number of hydrogen-bond donors (Lipinski definition) is 1. The van der Waals surface area contributed by atoms with Crippen LogP contribution in [0.25, 0.3) is 6.08 Å². The average Bonchev–Trinajstić information content (AvgIpc) is 2.75. The number of rotatable bonds is 8. The number of allylic oxidation sites excluding steroid dienone is 1. The third-order valence-corrected chi connectivity index (χ3v) is 5.12. The highest BCUT2D eigenvalue weighted by atomic mass is 16.5. The van der Waals surface area contributed by atoms with E-state index in [-0.39, 0.29) is 12.5 Å². The third-order valence-electron chi connectivity index (χ3n) is 5.12. The Morgan fingerprint density at radius 2 is 1.90 bits per heavy atom. The molecule has 1 heterocycles. The Morgan fingerprint density at radius 1 is 1.10 bits per heavy atom. The van der Waals surface area contributed by atoms with E-state index in [9.17, 15) is 4.79 Å². The van der Waals surface area contributed by atoms with Gasteiger partial charge in [0.2, 0.25) is 0 Å². The second kappa shape index (κ2) is 10.8. The fourth-order valence-electron chi connectivity index (χ4n) is 3.45. The molecular weight excluding hydrogens is 378 g/mol. The largest absolute Gasteiger partial charge is 0.493 e. The number of anilines is 1. The highest BCUT2D eigenvalue weighted by Crippen LogP contribution is 2.28. The van der Waals surface area contributed by atoms with E-state index in [1.165, 1.54) is 5.56 Å². The number of piperazine rings is 1. The van der Waals surface area contributed by atoms with Crippen LogP contribution in [0, 0.1) is 0 Å². The summed E-state index contributed by atoms with van der Waals surface area (Å²) in [5.74, 6) is 0.948. The zero-order valence-corrected chi connectivity index (χ0v) is 18.1. The van der Waals surface area contributed by atoms with Gasteiger partial charge in [0.1, 0.15) is 0 Å². The van der Waals surface area contributed by atoms with Gasteiger partial charge in [0.25, 0.3) is 5.91 Å². The zero-order valence-electron chi connectivity index (χ0n) is 18.1. The lowest BCUT2D eigenvalue weighted by Gasteiger charge is -2.32. The Bertz CT molecular complexity index is 874. The van der Waals surface area contributed by atoms with E-state index in [2.05, 4.69) is 28.2 Å². The van der Waals surface area contributed by atoms with Gasteiger partial charge in [0.15, 0.2) is 18.1 Å². The molecule has 0 aromatic heterocycles. The number of nitrogens with zero attached hydrogens (tertiary/aromatic N) is 2. The number of carbonyl (C=O) groups excluding carboxylic acids is 1. The van der Waals surface area contributed by atoms with Crippen molar-refractivity contribution in [3.63, 3.8) is 0 Å². The molecule has 6 nitrogen and oxygen atoms in total. The van der Waals surface area contributed by atoms with Crippen LogP contribution < -0.4 is 14.8 Å². The molecule has 0 bridgehead atoms. The van der Waals surface area contributed by atoms with Gasteiger partial charge >= 0.3 is 0 Å². The zero-order chi connectivity index (χ0) is 21.3. The van der Waals surface area contributed by atoms with Crippen molar-refractivity contribution in [2.45, 2.75) is 13.5 Å². The Balaban J connectivity index is 1.54. The van der Waals surface area contributed by atoms with Crippen molar-refractivity contribution in [3.05, 3.63) is 59.7 Å². The quantitative estimate of drug-likeness (QED) is 0.723. The summed E-state index contributed by atoms with van der Waals surface area (Å²) < 4.78 is 11.1. The summed E-state index contributed by atoms with van der Waals surface area (Å²) >= 11 is 0. The molecule has 30 heavy (non-hydrogen) atoms. The number of carbonyl (C=O) groups is 1. The van der Waals surface area contributed by atoms with Gasteiger partial charge in [-0.05, 0) is 49.4 Å². The molecule has 160 valence electrons. The summed E-state index contributed by atoms with van der Waals surface area (Å²) in [5, 5.41) is 2.92. The van der Waals surface area contributed by atoms with Gasteiger partial charge < -0.3 is 19.7 Å². The first-order chi connectivity index (χ1) is 14.6. The molecule has 0 spiro atoms. The van der Waals surface area contributed by atoms with Gasteiger partial charge in [-0.25, -0.2) is 0 Å². The molecule has 1 amide bonds. The van der Waals surface area contributed by atoms with E-state index in [1.54, 1.807) is 7.11 Å². The molecule has 1 aliphatic rings. The van der Waals surface area contributed by atoms with Crippen LogP contribution in [0.2, 0.25) is 0 Å². The Hall–Kier alpha value is -2.83. The molecule has 0 saturated carbocycles. The van der Waals surface area contributed by atoms with Crippen molar-refractivity contribution in [1.29, 1.82) is 0 Å². The van der Waals surface area contributed by atoms with Gasteiger partial charge in [0, 0.05) is 38.4 Å². The summed E-state index contributed by atoms with van der Waals surface area (Å²) in [6.07, 6.45) is 3.94. The van der Waals surface area contributed by atoms with Crippen LogP contribution in [0.5, 0.6) is 11.5 Å². The summed E-state index contributed by atoms with van der Waals surface area (Å²) in [5.41, 5.74) is 2.99. The average molecular weight is 410 g/mol. The molecule has 0 atom stereocenters. The lowest BCUT2D eigenvalue weighted by atomic mass is 10.1. The SMILES string of the molecule is C/C=C/c1ccc(OCC(=O)Nc2cccc(CN3CCN(C)CC3)c2)c(OC)c1. The Labute approximate surface area is 179 Å². The third kappa shape index (κ3) is 6.34. The van der Waals surface area contributed by atoms with Crippen molar-refractivity contribution < 1.29 is 14.3 Å². The van der Waals surface area contributed by atoms with Crippen LogP contribution in [0.3, 0.4) is 0 Å². The number of hydrogen-bond acceptors (Lipinski definition) is 5. The number of benzene rings is 2. The molecule has 1 saturated heterocycles. The molecule has 0 aliphatic carbocycles. The Kier molecular flexibility index (Phi) is 7.88. The number of methoxy groups -OCH3 is 1. The number of ether oxygens (including phenoxy) is 2. The highest BCUT2D eigenvalue weighted by molar-refractivity contribution is 5.92. The van der Waals surface area contributed by atoms with Gasteiger partial charge in [-0.2, -0.15) is 0 Å². The smallest absolute Gasteiger partial charge is 0.262 e. The van der Waals surface area contributed by atoms with Crippen molar-refractivity contribution in [2.24, 2.45) is 0 Å². The molecule has 0 unspecified atom stereocenters. The maximum absolute atomic E-state index is 12.4. The standard InChI is InChI=1S/C24H31N3O3/c1-4-6-19-9-10-22(23(16-19)29-3)30-18-24(28)25-21-8-5-7-20(15-21)17-27-13-11-26(2)12-14-27/h4-10,15-16H,11-14,17-18H2,1-3H3,(H,25,28)/b6-4+. The maximum atomic E-state index is 12.4. The number of amides is 1. The predicted octanol–water partition coefficient (Wildman–Crippen LogP) is 3.49. The van der Waals surface area contributed by atoms with E-state index in [1.807, 2.05) is 55.5 Å². The van der Waals surface area contributed by atoms with E-state index in [4.69, 9.17) is 9.47 Å². The van der Waals surface area contributed by atoms with Crippen molar-refractivity contribution in [3.8, 4) is 11.5 Å². The maximum Gasteiger partial charge on any atom is 0.262 e. The van der Waals surface area contributed by atoms with Crippen LogP contribution >= 0.6 is 0 Å². The molecule has 2 aromatic rings. The molecule has 6 heteroatoms. The molecular formula is C24H31N3O3. The molecule has 3 rings (SSSR count). The normalized spacial score (nSPS) is 15.3. The van der Waals surface area contributed by atoms with Crippen LogP contribution in [-0.2, 0) is 11.3 Å². The summed E-state index contributed by atoms with van der Waals surface area (Å²) in [4.78, 5) is 17.2. The van der Waals surface area contributed by atoms with Crippen LogP contribution in [0.15, 0.2) is 48.5 Å². The summed E-state index contributed by atoms with van der Waals surface area (Å²) in [7, 11) is 3.75. The number of nitrogens with one attached hydrogen (secondary N) is 1.